The largest absolute Gasteiger partial charge is 0.0658 e. The van der Waals surface area contributed by atoms with Crippen LogP contribution in [0.1, 0.15) is 20.3 Å². The van der Waals surface area contributed by atoms with Crippen LogP contribution in [-0.4, -0.2) is 10.2 Å². The topological polar surface area (TPSA) is 0 Å². The van der Waals surface area contributed by atoms with E-state index >= 15 is 0 Å². The second-order valence-corrected chi connectivity index (χ2v) is 3.77. The highest BCUT2D eigenvalue weighted by Crippen LogP contribution is 1.97. The first-order valence-corrected chi connectivity index (χ1v) is 3.42. The lowest BCUT2D eigenvalue weighted by atomic mass is 10.4. The second-order valence-electron chi connectivity index (χ2n) is 1.80. The van der Waals surface area contributed by atoms with Gasteiger partial charge in [0.2, 0.25) is 0 Å². The summed E-state index contributed by atoms with van der Waals surface area (Å²) in [6.45, 7) is 4.52. The Morgan fingerprint density at radius 1 is 1.80 bits per heavy atom. The third-order valence-electron chi connectivity index (χ3n) is 0.816. The van der Waals surface area contributed by atoms with E-state index in [9.17, 15) is 0 Å². The monoisotopic (exact) mass is 88.1 g/mol. The first-order valence-electron chi connectivity index (χ1n) is 2.27. The molecule has 32 valence electrons. The maximum Gasteiger partial charge on any atom is 0.00636 e. The molecule has 0 radical (unpaired) electrons. The summed E-state index contributed by atoms with van der Waals surface area (Å²) in [7, 11) is 1.37. The molecule has 0 nitrogen and oxygen atoms in total. The van der Waals surface area contributed by atoms with E-state index in [4.69, 9.17) is 0 Å². The Bertz CT molecular complexity index is 17.6. The first-order chi connectivity index (χ1) is 2.27. The third-order valence-corrected chi connectivity index (χ3v) is 1.63. The molecule has 0 saturated carbocycles. The Balaban J connectivity index is 2.54. The molecule has 0 rings (SSSR count). The van der Waals surface area contributed by atoms with Gasteiger partial charge < -0.3 is 0 Å². The molecule has 0 bridgehead atoms. The summed E-state index contributed by atoms with van der Waals surface area (Å²) in [6.07, 6.45) is 1.37. The number of rotatable bonds is 1. The molecule has 1 heteroatoms. The van der Waals surface area contributed by atoms with Gasteiger partial charge in [-0.05, 0) is 0 Å². The van der Waals surface area contributed by atoms with Crippen molar-refractivity contribution in [2.75, 3.05) is 0 Å². The fourth-order valence-electron chi connectivity index (χ4n) is 0. The minimum absolute atomic E-state index is 1.02. The van der Waals surface area contributed by atoms with Crippen LogP contribution < -0.4 is 0 Å². The van der Waals surface area contributed by atoms with Gasteiger partial charge in [-0.2, -0.15) is 0 Å². The smallest absolute Gasteiger partial charge is 0.00636 e. The maximum atomic E-state index is 2.28. The van der Waals surface area contributed by atoms with Crippen LogP contribution in [0.15, 0.2) is 0 Å². The second kappa shape index (κ2) is 2.45. The van der Waals surface area contributed by atoms with E-state index in [0.717, 1.165) is 5.54 Å². The van der Waals surface area contributed by atoms with Gasteiger partial charge in [-0.15, -0.1) is 0 Å². The molecule has 0 heterocycles. The van der Waals surface area contributed by atoms with Crippen LogP contribution in [0.25, 0.3) is 0 Å². The van der Waals surface area contributed by atoms with Gasteiger partial charge in [0, 0.05) is 10.2 Å². The van der Waals surface area contributed by atoms with E-state index in [-0.39, 0.29) is 0 Å². The zero-order valence-corrected chi connectivity index (χ0v) is 6.28. The zero-order valence-electron chi connectivity index (χ0n) is 4.28. The molecular formula is C4H12Si. The maximum absolute atomic E-state index is 2.28. The molecule has 0 aliphatic rings. The minimum atomic E-state index is 1.02. The minimum Gasteiger partial charge on any atom is -0.0658 e. The van der Waals surface area contributed by atoms with Crippen LogP contribution in [0.4, 0.5) is 0 Å². The van der Waals surface area contributed by atoms with Crippen LogP contribution in [0.3, 0.4) is 0 Å². The summed E-state index contributed by atoms with van der Waals surface area (Å²) in [4.78, 5) is 0. The van der Waals surface area contributed by atoms with Crippen LogP contribution in [0, 0.1) is 0 Å². The Morgan fingerprint density at radius 3 is 2.00 bits per heavy atom. The van der Waals surface area contributed by atoms with E-state index in [1.807, 2.05) is 0 Å². The first kappa shape index (κ1) is 5.22. The van der Waals surface area contributed by atoms with Gasteiger partial charge in [0.25, 0.3) is 0 Å². The van der Waals surface area contributed by atoms with Gasteiger partial charge in [0.1, 0.15) is 0 Å². The molecule has 0 aromatic carbocycles. The van der Waals surface area contributed by atoms with E-state index in [2.05, 4.69) is 13.8 Å². The lowest BCUT2D eigenvalue weighted by Gasteiger charge is -1.90. The molecule has 0 aromatic rings. The average molecular weight is 88.2 g/mol. The van der Waals surface area contributed by atoms with E-state index < -0.39 is 0 Å². The molecule has 0 amide bonds. The van der Waals surface area contributed by atoms with Crippen LogP contribution in [-0.2, 0) is 0 Å². The van der Waals surface area contributed by atoms with E-state index in [0.29, 0.717) is 0 Å². The highest BCUT2D eigenvalue weighted by molar-refractivity contribution is 6.11. The summed E-state index contributed by atoms with van der Waals surface area (Å²) < 4.78 is 0. The van der Waals surface area contributed by atoms with Crippen molar-refractivity contribution < 1.29 is 0 Å². The fraction of sp³-hybridized carbons (Fsp3) is 1.00. The van der Waals surface area contributed by atoms with Gasteiger partial charge >= 0.3 is 0 Å². The normalized spacial score (nSPS) is 15.6. The van der Waals surface area contributed by atoms with Crippen LogP contribution in [0.2, 0.25) is 5.54 Å². The van der Waals surface area contributed by atoms with Gasteiger partial charge in [-0.25, -0.2) is 0 Å². The molecule has 0 spiro atoms. The summed E-state index contributed by atoms with van der Waals surface area (Å²) in [5.41, 5.74) is 1.02. The quantitative estimate of drug-likeness (QED) is 0.411. The van der Waals surface area contributed by atoms with Gasteiger partial charge in [-0.1, -0.05) is 25.8 Å². The predicted octanol–water partition coefficient (Wildman–Crippen LogP) is 0.570. The Hall–Kier alpha value is 0.217. The van der Waals surface area contributed by atoms with Crippen molar-refractivity contribution in [3.05, 3.63) is 0 Å². The molecule has 0 N–H and O–H groups in total. The average Bonchev–Trinajstić information content (AvgIpc) is 1.38. The Labute approximate surface area is 37.0 Å². The van der Waals surface area contributed by atoms with Crippen LogP contribution >= 0.6 is 0 Å². The van der Waals surface area contributed by atoms with Crippen LogP contribution in [0.5, 0.6) is 0 Å². The molecule has 0 aliphatic carbocycles. The lowest BCUT2D eigenvalue weighted by molar-refractivity contribution is 0.880. The standard InChI is InChI=1S/C4H12Si/c1-3-4(2)5/h4H,3H2,1-2,5H3/t4-/m0/s1. The van der Waals surface area contributed by atoms with Gasteiger partial charge in [0.15, 0.2) is 0 Å². The molecule has 0 saturated heterocycles. The Morgan fingerprint density at radius 2 is 2.00 bits per heavy atom. The van der Waals surface area contributed by atoms with E-state index in [1.54, 1.807) is 0 Å². The third kappa shape index (κ3) is 4.22. The summed E-state index contributed by atoms with van der Waals surface area (Å²) >= 11 is 0. The van der Waals surface area contributed by atoms with Gasteiger partial charge in [0.05, 0.1) is 0 Å². The van der Waals surface area contributed by atoms with Crippen molar-refractivity contribution >= 4 is 10.2 Å². The number of hydrogen-bond acceptors (Lipinski definition) is 0. The van der Waals surface area contributed by atoms with Crippen molar-refractivity contribution in [2.45, 2.75) is 25.8 Å². The highest BCUT2D eigenvalue weighted by atomic mass is 28.1. The molecule has 0 unspecified atom stereocenters. The fourth-order valence-corrected chi connectivity index (χ4v) is 0. The highest BCUT2D eigenvalue weighted by Gasteiger charge is 1.80. The summed E-state index contributed by atoms with van der Waals surface area (Å²) in [5.74, 6) is 0. The van der Waals surface area contributed by atoms with Crippen molar-refractivity contribution in [1.82, 2.24) is 0 Å². The predicted molar refractivity (Wildman–Crippen MR) is 29.7 cm³/mol. The molecule has 1 atom stereocenters. The van der Waals surface area contributed by atoms with E-state index in [1.165, 1.54) is 16.7 Å². The number of hydrogen-bond donors (Lipinski definition) is 0. The van der Waals surface area contributed by atoms with Crippen molar-refractivity contribution in [3.63, 3.8) is 0 Å². The molecule has 0 aliphatic heterocycles. The SMILES string of the molecule is CC[C@H](C)[SiH3]. The summed E-state index contributed by atoms with van der Waals surface area (Å²) in [6, 6.07) is 0. The van der Waals surface area contributed by atoms with Crippen molar-refractivity contribution in [2.24, 2.45) is 0 Å². The van der Waals surface area contributed by atoms with Gasteiger partial charge in [-0.3, -0.25) is 0 Å². The molecule has 5 heavy (non-hydrogen) atoms. The van der Waals surface area contributed by atoms with Crippen molar-refractivity contribution in [1.29, 1.82) is 0 Å². The summed E-state index contributed by atoms with van der Waals surface area (Å²) in [5, 5.41) is 0. The lowest BCUT2D eigenvalue weighted by Crippen LogP contribution is -1.76. The molecular weight excluding hydrogens is 76.1 g/mol. The van der Waals surface area contributed by atoms with Crippen molar-refractivity contribution in [3.8, 4) is 0 Å². The molecule has 0 aromatic heterocycles. The Kier molecular flexibility index (Phi) is 2.56. The zero-order chi connectivity index (χ0) is 4.28. The molecule has 0 fully saturated rings.